The molecule has 0 atom stereocenters. The molecule has 0 aliphatic rings. The van der Waals surface area contributed by atoms with Crippen molar-refractivity contribution < 1.29 is 17.9 Å². The molecule has 0 radical (unpaired) electrons. The number of sulfonamides is 1. The van der Waals surface area contributed by atoms with E-state index >= 15 is 0 Å². The van der Waals surface area contributed by atoms with E-state index in [1.807, 2.05) is 6.92 Å². The second-order valence-electron chi connectivity index (χ2n) is 3.53. The number of aliphatic hydroxyl groups is 1. The third-order valence-electron chi connectivity index (χ3n) is 2.19. The standard InChI is InChI=1S/C11H17NO4S/c1-3-7-12(8-4-2)17(14,15)11-6-5-10(9-13)16-11/h3,5-6,13H,1,4,7-9H2,2H3. The summed E-state index contributed by atoms with van der Waals surface area (Å²) in [7, 11) is -3.63. The van der Waals surface area contributed by atoms with Crippen molar-refractivity contribution in [3.8, 4) is 0 Å². The number of hydrogen-bond donors (Lipinski definition) is 1. The highest BCUT2D eigenvalue weighted by Crippen LogP contribution is 2.19. The fraction of sp³-hybridized carbons (Fsp3) is 0.455. The maximum absolute atomic E-state index is 12.1. The van der Waals surface area contributed by atoms with Gasteiger partial charge in [0.05, 0.1) is 0 Å². The Morgan fingerprint density at radius 1 is 1.53 bits per heavy atom. The van der Waals surface area contributed by atoms with Gasteiger partial charge in [0.2, 0.25) is 5.09 Å². The summed E-state index contributed by atoms with van der Waals surface area (Å²) in [5.74, 6) is 0.235. The smallest absolute Gasteiger partial charge is 0.276 e. The summed E-state index contributed by atoms with van der Waals surface area (Å²) in [5.41, 5.74) is 0. The van der Waals surface area contributed by atoms with Crippen molar-refractivity contribution in [1.82, 2.24) is 4.31 Å². The predicted molar refractivity (Wildman–Crippen MR) is 63.9 cm³/mol. The van der Waals surface area contributed by atoms with Crippen LogP contribution in [-0.4, -0.2) is 30.9 Å². The van der Waals surface area contributed by atoms with E-state index in [2.05, 4.69) is 6.58 Å². The van der Waals surface area contributed by atoms with Crippen molar-refractivity contribution in [3.05, 3.63) is 30.5 Å². The Labute approximate surface area is 101 Å². The summed E-state index contributed by atoms with van der Waals surface area (Å²) in [6.07, 6.45) is 2.24. The Morgan fingerprint density at radius 2 is 2.24 bits per heavy atom. The molecule has 6 heteroatoms. The molecule has 1 aromatic heterocycles. The average molecular weight is 259 g/mol. The molecule has 0 aromatic carbocycles. The van der Waals surface area contributed by atoms with Gasteiger partial charge in [-0.05, 0) is 18.6 Å². The van der Waals surface area contributed by atoms with Gasteiger partial charge in [-0.15, -0.1) is 6.58 Å². The number of hydrogen-bond acceptors (Lipinski definition) is 4. The van der Waals surface area contributed by atoms with Crippen molar-refractivity contribution in [2.75, 3.05) is 13.1 Å². The molecule has 0 unspecified atom stereocenters. The Morgan fingerprint density at radius 3 is 2.71 bits per heavy atom. The molecule has 0 aliphatic heterocycles. The first-order chi connectivity index (χ1) is 8.06. The van der Waals surface area contributed by atoms with Crippen molar-refractivity contribution in [2.45, 2.75) is 25.0 Å². The lowest BCUT2D eigenvalue weighted by molar-refractivity contribution is 0.235. The zero-order chi connectivity index (χ0) is 12.9. The summed E-state index contributed by atoms with van der Waals surface area (Å²) in [6.45, 7) is 5.76. The topological polar surface area (TPSA) is 70.8 Å². The van der Waals surface area contributed by atoms with Gasteiger partial charge in [0.25, 0.3) is 10.0 Å². The molecule has 5 nitrogen and oxygen atoms in total. The second-order valence-corrected chi connectivity index (χ2v) is 5.40. The molecule has 1 heterocycles. The zero-order valence-corrected chi connectivity index (χ0v) is 10.6. The summed E-state index contributed by atoms with van der Waals surface area (Å²) >= 11 is 0. The second kappa shape index (κ2) is 6.00. The maximum Gasteiger partial charge on any atom is 0.276 e. The first-order valence-corrected chi connectivity index (χ1v) is 6.80. The first kappa shape index (κ1) is 14.0. The average Bonchev–Trinajstić information content (AvgIpc) is 2.78. The highest BCUT2D eigenvalue weighted by molar-refractivity contribution is 7.89. The molecule has 96 valence electrons. The van der Waals surface area contributed by atoms with Crippen LogP contribution in [0.15, 0.2) is 34.3 Å². The summed E-state index contributed by atoms with van der Waals surface area (Å²) in [5, 5.41) is 8.70. The molecule has 0 amide bonds. The molecule has 0 bridgehead atoms. The molecule has 1 N–H and O–H groups in total. The molecule has 0 saturated carbocycles. The normalized spacial score (nSPS) is 11.9. The van der Waals surface area contributed by atoms with Gasteiger partial charge in [0.1, 0.15) is 12.4 Å². The minimum atomic E-state index is -3.63. The summed E-state index contributed by atoms with van der Waals surface area (Å²) in [6, 6.07) is 2.80. The molecule has 0 fully saturated rings. The lowest BCUT2D eigenvalue weighted by Crippen LogP contribution is -2.31. The van der Waals surface area contributed by atoms with Gasteiger partial charge in [0, 0.05) is 13.1 Å². The first-order valence-electron chi connectivity index (χ1n) is 5.36. The van der Waals surface area contributed by atoms with Gasteiger partial charge in [-0.25, -0.2) is 8.42 Å². The largest absolute Gasteiger partial charge is 0.446 e. The zero-order valence-electron chi connectivity index (χ0n) is 9.80. The maximum atomic E-state index is 12.1. The van der Waals surface area contributed by atoms with Gasteiger partial charge in [0.15, 0.2) is 0 Å². The quantitative estimate of drug-likeness (QED) is 0.750. The van der Waals surface area contributed by atoms with E-state index in [0.717, 1.165) is 0 Å². The fourth-order valence-electron chi connectivity index (χ4n) is 1.41. The van der Waals surface area contributed by atoms with Gasteiger partial charge < -0.3 is 9.52 Å². The van der Waals surface area contributed by atoms with E-state index in [9.17, 15) is 8.42 Å². The van der Waals surface area contributed by atoms with E-state index in [0.29, 0.717) is 13.0 Å². The minimum absolute atomic E-state index is 0.142. The van der Waals surface area contributed by atoms with Crippen LogP contribution in [0.5, 0.6) is 0 Å². The minimum Gasteiger partial charge on any atom is -0.446 e. The van der Waals surface area contributed by atoms with Crippen LogP contribution >= 0.6 is 0 Å². The lowest BCUT2D eigenvalue weighted by atomic mass is 10.5. The van der Waals surface area contributed by atoms with Crippen molar-refractivity contribution >= 4 is 10.0 Å². The van der Waals surface area contributed by atoms with Crippen molar-refractivity contribution in [2.24, 2.45) is 0 Å². The Kier molecular flexibility index (Phi) is 4.92. The Balaban J connectivity index is 3.02. The number of nitrogens with zero attached hydrogens (tertiary/aromatic N) is 1. The third kappa shape index (κ3) is 3.18. The summed E-state index contributed by atoms with van der Waals surface area (Å²) in [4.78, 5) is 0. The number of aliphatic hydroxyl groups excluding tert-OH is 1. The van der Waals surface area contributed by atoms with E-state index in [1.165, 1.54) is 22.5 Å². The molecule has 0 spiro atoms. The van der Waals surface area contributed by atoms with E-state index in [4.69, 9.17) is 9.52 Å². The van der Waals surface area contributed by atoms with E-state index < -0.39 is 10.0 Å². The molecular weight excluding hydrogens is 242 g/mol. The molecule has 0 saturated heterocycles. The number of rotatable bonds is 7. The number of furan rings is 1. The third-order valence-corrected chi connectivity index (χ3v) is 3.93. The lowest BCUT2D eigenvalue weighted by Gasteiger charge is -2.18. The van der Waals surface area contributed by atoms with Crippen molar-refractivity contribution in [3.63, 3.8) is 0 Å². The highest BCUT2D eigenvalue weighted by atomic mass is 32.2. The van der Waals surface area contributed by atoms with Crippen LogP contribution in [0.1, 0.15) is 19.1 Å². The molecular formula is C11H17NO4S. The fourth-order valence-corrected chi connectivity index (χ4v) is 2.84. The van der Waals surface area contributed by atoms with Gasteiger partial charge in [-0.1, -0.05) is 13.0 Å². The van der Waals surface area contributed by atoms with Gasteiger partial charge in [-0.3, -0.25) is 0 Å². The van der Waals surface area contributed by atoms with E-state index in [1.54, 1.807) is 0 Å². The van der Waals surface area contributed by atoms with Crippen LogP contribution in [0.2, 0.25) is 0 Å². The van der Waals surface area contributed by atoms with E-state index in [-0.39, 0.29) is 24.0 Å². The van der Waals surface area contributed by atoms with Crippen LogP contribution in [0.3, 0.4) is 0 Å². The Hall–Kier alpha value is -1.11. The summed E-state index contributed by atoms with van der Waals surface area (Å²) < 4.78 is 30.6. The van der Waals surface area contributed by atoms with Crippen molar-refractivity contribution in [1.29, 1.82) is 0 Å². The highest BCUT2D eigenvalue weighted by Gasteiger charge is 2.26. The SMILES string of the molecule is C=CCN(CCC)S(=O)(=O)c1ccc(CO)o1. The van der Waals surface area contributed by atoms with Crippen LogP contribution in [0, 0.1) is 0 Å². The van der Waals surface area contributed by atoms with Crippen LogP contribution < -0.4 is 0 Å². The predicted octanol–water partition coefficient (Wildman–Crippen LogP) is 1.36. The van der Waals surface area contributed by atoms with Crippen LogP contribution in [-0.2, 0) is 16.6 Å². The monoisotopic (exact) mass is 259 g/mol. The molecule has 1 aromatic rings. The van der Waals surface area contributed by atoms with Gasteiger partial charge in [-0.2, -0.15) is 4.31 Å². The van der Waals surface area contributed by atoms with Crippen LogP contribution in [0.4, 0.5) is 0 Å². The molecule has 0 aliphatic carbocycles. The molecule has 1 rings (SSSR count). The Bertz CT molecular complexity index is 464. The van der Waals surface area contributed by atoms with Crippen LogP contribution in [0.25, 0.3) is 0 Å². The molecule has 17 heavy (non-hydrogen) atoms. The van der Waals surface area contributed by atoms with Gasteiger partial charge >= 0.3 is 0 Å².